The molecule has 0 atom stereocenters. The summed E-state index contributed by atoms with van der Waals surface area (Å²) in [4.78, 5) is 12.8. The molecule has 2 heterocycles. The van der Waals surface area contributed by atoms with E-state index in [1.807, 2.05) is 0 Å². The fourth-order valence-electron chi connectivity index (χ4n) is 2.19. The molecule has 0 unspecified atom stereocenters. The average molecular weight is 317 g/mol. The molecule has 8 nitrogen and oxygen atoms in total. The number of sulfonamides is 1. The molecule has 118 valence electrons. The Bertz CT molecular complexity index is 604. The number of nitrogens with one attached hydrogen (secondary N) is 2. The highest BCUT2D eigenvalue weighted by Gasteiger charge is 2.23. The number of carboxylic acids is 1. The van der Waals surface area contributed by atoms with Crippen LogP contribution < -0.4 is 10.0 Å². The summed E-state index contributed by atoms with van der Waals surface area (Å²) >= 11 is 0. The molecule has 1 aromatic heterocycles. The van der Waals surface area contributed by atoms with Crippen molar-refractivity contribution in [3.05, 3.63) is 17.6 Å². The molecule has 0 aliphatic carbocycles. The van der Waals surface area contributed by atoms with E-state index in [1.165, 1.54) is 6.92 Å². The minimum Gasteiger partial charge on any atom is -0.475 e. The number of nitrogens with zero attached hydrogens (tertiary/aromatic N) is 1. The third-order valence-electron chi connectivity index (χ3n) is 3.30. The van der Waals surface area contributed by atoms with Crippen LogP contribution in [0.25, 0.3) is 0 Å². The van der Waals surface area contributed by atoms with Crippen LogP contribution in [0, 0.1) is 6.92 Å². The van der Waals surface area contributed by atoms with Crippen LogP contribution in [-0.4, -0.2) is 63.7 Å². The fraction of sp³-hybridized carbons (Fsp3) is 0.583. The first kappa shape index (κ1) is 16.0. The van der Waals surface area contributed by atoms with Crippen molar-refractivity contribution in [1.29, 1.82) is 0 Å². The van der Waals surface area contributed by atoms with E-state index in [0.717, 1.165) is 32.2 Å². The van der Waals surface area contributed by atoms with Gasteiger partial charge < -0.3 is 14.8 Å². The number of carboxylic acid groups (broad SMARTS) is 1. The second-order valence-electron chi connectivity index (χ2n) is 4.83. The van der Waals surface area contributed by atoms with E-state index in [9.17, 15) is 13.2 Å². The van der Waals surface area contributed by atoms with Crippen LogP contribution in [0.4, 0.5) is 0 Å². The second-order valence-corrected chi connectivity index (χ2v) is 6.56. The summed E-state index contributed by atoms with van der Waals surface area (Å²) in [5.41, 5.74) is 0. The van der Waals surface area contributed by atoms with Crippen LogP contribution in [0.15, 0.2) is 15.4 Å². The van der Waals surface area contributed by atoms with E-state index < -0.39 is 16.0 Å². The maximum absolute atomic E-state index is 12.1. The summed E-state index contributed by atoms with van der Waals surface area (Å²) in [6.07, 6.45) is 0. The van der Waals surface area contributed by atoms with E-state index in [-0.39, 0.29) is 23.0 Å². The molecule has 21 heavy (non-hydrogen) atoms. The Hall–Kier alpha value is -1.42. The van der Waals surface area contributed by atoms with E-state index in [0.29, 0.717) is 6.54 Å². The number of carbonyl (C=O) groups is 1. The fourth-order valence-corrected chi connectivity index (χ4v) is 3.39. The topological polar surface area (TPSA) is 112 Å². The van der Waals surface area contributed by atoms with Gasteiger partial charge in [-0.05, 0) is 6.92 Å². The number of hydrogen-bond donors (Lipinski definition) is 3. The van der Waals surface area contributed by atoms with Crippen LogP contribution >= 0.6 is 0 Å². The molecule has 0 saturated carbocycles. The van der Waals surface area contributed by atoms with Gasteiger partial charge in [-0.1, -0.05) is 0 Å². The summed E-state index contributed by atoms with van der Waals surface area (Å²) in [6, 6.07) is 1.03. The predicted octanol–water partition coefficient (Wildman–Crippen LogP) is -0.530. The summed E-state index contributed by atoms with van der Waals surface area (Å²) < 4.78 is 31.7. The third kappa shape index (κ3) is 4.03. The summed E-state index contributed by atoms with van der Waals surface area (Å²) in [5, 5.41) is 12.0. The molecule has 2 rings (SSSR count). The quantitative estimate of drug-likeness (QED) is 0.646. The smallest absolute Gasteiger partial charge is 0.371 e. The predicted molar refractivity (Wildman–Crippen MR) is 74.9 cm³/mol. The Kier molecular flexibility index (Phi) is 4.99. The van der Waals surface area contributed by atoms with Crippen molar-refractivity contribution in [2.75, 3.05) is 39.3 Å². The maximum Gasteiger partial charge on any atom is 0.371 e. The number of aromatic carboxylic acids is 1. The van der Waals surface area contributed by atoms with Gasteiger partial charge in [0, 0.05) is 45.3 Å². The molecule has 0 spiro atoms. The standard InChI is InChI=1S/C12H19N3O5S/c1-9-11(8-10(20-9)12(16)17)21(18,19)14-4-7-15-5-2-13-3-6-15/h8,13-14H,2-7H2,1H3,(H,16,17). The van der Waals surface area contributed by atoms with Crippen LogP contribution in [0.5, 0.6) is 0 Å². The average Bonchev–Trinajstić information content (AvgIpc) is 2.83. The first-order valence-corrected chi connectivity index (χ1v) is 8.15. The lowest BCUT2D eigenvalue weighted by Crippen LogP contribution is -2.46. The zero-order chi connectivity index (χ0) is 15.5. The molecule has 3 N–H and O–H groups in total. The Labute approximate surface area is 123 Å². The minimum absolute atomic E-state index is 0.0714. The molecule has 1 saturated heterocycles. The van der Waals surface area contributed by atoms with Gasteiger partial charge >= 0.3 is 5.97 Å². The van der Waals surface area contributed by atoms with Crippen molar-refractivity contribution in [2.45, 2.75) is 11.8 Å². The summed E-state index contributed by atoms with van der Waals surface area (Å²) in [7, 11) is -3.75. The van der Waals surface area contributed by atoms with Gasteiger partial charge in [0.25, 0.3) is 0 Å². The third-order valence-corrected chi connectivity index (χ3v) is 4.87. The van der Waals surface area contributed by atoms with E-state index in [2.05, 4.69) is 14.9 Å². The first-order valence-electron chi connectivity index (χ1n) is 6.66. The molecule has 1 aliphatic heterocycles. The molecule has 0 bridgehead atoms. The van der Waals surface area contributed by atoms with E-state index in [4.69, 9.17) is 9.52 Å². The Morgan fingerprint density at radius 3 is 2.71 bits per heavy atom. The molecule has 1 fully saturated rings. The highest BCUT2D eigenvalue weighted by atomic mass is 32.2. The Balaban J connectivity index is 1.96. The molecule has 9 heteroatoms. The molecule has 0 aromatic carbocycles. The number of hydrogen-bond acceptors (Lipinski definition) is 6. The van der Waals surface area contributed by atoms with Gasteiger partial charge in [-0.25, -0.2) is 17.9 Å². The summed E-state index contributed by atoms with van der Waals surface area (Å²) in [6.45, 7) is 5.88. The molecule has 0 radical (unpaired) electrons. The zero-order valence-electron chi connectivity index (χ0n) is 11.8. The van der Waals surface area contributed by atoms with Gasteiger partial charge in [-0.2, -0.15) is 0 Å². The van der Waals surface area contributed by atoms with E-state index in [1.54, 1.807) is 0 Å². The molecule has 1 aliphatic rings. The van der Waals surface area contributed by atoms with Gasteiger partial charge in [-0.3, -0.25) is 4.90 Å². The van der Waals surface area contributed by atoms with Crippen molar-refractivity contribution in [3.8, 4) is 0 Å². The molecular formula is C12H19N3O5S. The van der Waals surface area contributed by atoms with Crippen LogP contribution in [0.3, 0.4) is 0 Å². The van der Waals surface area contributed by atoms with Crippen molar-refractivity contribution in [1.82, 2.24) is 14.9 Å². The highest BCUT2D eigenvalue weighted by Crippen LogP contribution is 2.19. The number of aryl methyl sites for hydroxylation is 1. The SMILES string of the molecule is Cc1oc(C(=O)O)cc1S(=O)(=O)NCCN1CCNCC1. The monoisotopic (exact) mass is 317 g/mol. The van der Waals surface area contributed by atoms with Crippen LogP contribution in [0.1, 0.15) is 16.3 Å². The number of furan rings is 1. The normalized spacial score (nSPS) is 17.0. The number of rotatable bonds is 6. The lowest BCUT2D eigenvalue weighted by atomic mass is 10.3. The number of piperazine rings is 1. The molecular weight excluding hydrogens is 298 g/mol. The van der Waals surface area contributed by atoms with Gasteiger partial charge in [0.15, 0.2) is 0 Å². The van der Waals surface area contributed by atoms with Crippen molar-refractivity contribution in [3.63, 3.8) is 0 Å². The van der Waals surface area contributed by atoms with Gasteiger partial charge in [0.05, 0.1) is 0 Å². The molecule has 0 amide bonds. The largest absolute Gasteiger partial charge is 0.475 e. The van der Waals surface area contributed by atoms with Crippen molar-refractivity contribution in [2.24, 2.45) is 0 Å². The van der Waals surface area contributed by atoms with Gasteiger partial charge in [-0.15, -0.1) is 0 Å². The molecule has 1 aromatic rings. The zero-order valence-corrected chi connectivity index (χ0v) is 12.6. The Morgan fingerprint density at radius 1 is 1.48 bits per heavy atom. The lowest BCUT2D eigenvalue weighted by Gasteiger charge is -2.26. The minimum atomic E-state index is -3.75. The van der Waals surface area contributed by atoms with Crippen LogP contribution in [-0.2, 0) is 10.0 Å². The van der Waals surface area contributed by atoms with Gasteiger partial charge in [0.1, 0.15) is 10.7 Å². The first-order chi connectivity index (χ1) is 9.90. The maximum atomic E-state index is 12.1. The van der Waals surface area contributed by atoms with Crippen molar-refractivity contribution >= 4 is 16.0 Å². The Morgan fingerprint density at radius 2 is 2.14 bits per heavy atom. The van der Waals surface area contributed by atoms with Crippen molar-refractivity contribution < 1.29 is 22.7 Å². The highest BCUT2D eigenvalue weighted by molar-refractivity contribution is 7.89. The van der Waals surface area contributed by atoms with Crippen LogP contribution in [0.2, 0.25) is 0 Å². The lowest BCUT2D eigenvalue weighted by molar-refractivity contribution is 0.0661. The van der Waals surface area contributed by atoms with Gasteiger partial charge in [0.2, 0.25) is 15.8 Å². The second kappa shape index (κ2) is 6.56. The summed E-state index contributed by atoms with van der Waals surface area (Å²) in [5.74, 6) is -1.60. The van der Waals surface area contributed by atoms with E-state index >= 15 is 0 Å².